The van der Waals surface area contributed by atoms with Crippen LogP contribution in [-0.4, -0.2) is 36.4 Å². The van der Waals surface area contributed by atoms with E-state index in [9.17, 15) is 15.0 Å². The third kappa shape index (κ3) is 6.89. The van der Waals surface area contributed by atoms with Crippen molar-refractivity contribution in [1.82, 2.24) is 4.98 Å². The molecule has 0 aliphatic rings. The summed E-state index contributed by atoms with van der Waals surface area (Å²) in [5.41, 5.74) is 1.39. The van der Waals surface area contributed by atoms with E-state index in [1.807, 2.05) is 30.3 Å². The number of para-hydroxylation sites is 1. The van der Waals surface area contributed by atoms with Gasteiger partial charge in [0, 0.05) is 49.9 Å². The second-order valence-electron chi connectivity index (χ2n) is 6.07. The lowest BCUT2D eigenvalue weighted by Crippen LogP contribution is -2.21. The van der Waals surface area contributed by atoms with Gasteiger partial charge in [0.25, 0.3) is 0 Å². The molecular weight excluding hydrogens is 346 g/mol. The highest BCUT2D eigenvalue weighted by Crippen LogP contribution is 2.29. The first-order chi connectivity index (χ1) is 13.1. The Hall–Kier alpha value is -2.62. The van der Waals surface area contributed by atoms with Crippen LogP contribution in [0.4, 0.5) is 0 Å². The van der Waals surface area contributed by atoms with E-state index in [1.54, 1.807) is 7.11 Å². The van der Waals surface area contributed by atoms with Crippen molar-refractivity contribution in [2.75, 3.05) is 20.3 Å². The molecular formula is C21H24NO5-. The summed E-state index contributed by atoms with van der Waals surface area (Å²) in [5, 5.41) is 21.8. The first kappa shape index (κ1) is 20.7. The minimum absolute atomic E-state index is 0.00864. The van der Waals surface area contributed by atoms with Gasteiger partial charge in [0.2, 0.25) is 5.88 Å². The van der Waals surface area contributed by atoms with Crippen molar-refractivity contribution in [2.24, 2.45) is 0 Å². The molecule has 0 bridgehead atoms. The minimum atomic E-state index is -1.07. The number of carboxylic acid groups (broad SMARTS) is 1. The number of nitrogens with zero attached hydrogens (tertiary/aromatic N) is 1. The summed E-state index contributed by atoms with van der Waals surface area (Å²) in [7, 11) is 1.63. The number of aliphatic carboxylic acids is 1. The number of hydrogen-bond donors (Lipinski definition) is 1. The van der Waals surface area contributed by atoms with Crippen molar-refractivity contribution >= 4 is 16.9 Å². The summed E-state index contributed by atoms with van der Waals surface area (Å²) in [5.74, 6) is 5.10. The molecule has 2 rings (SSSR count). The van der Waals surface area contributed by atoms with Crippen molar-refractivity contribution in [3.8, 4) is 17.7 Å². The molecule has 0 aliphatic heterocycles. The number of methoxy groups -OCH3 is 1. The molecule has 0 spiro atoms. The molecule has 0 fully saturated rings. The maximum Gasteiger partial charge on any atom is 0.219 e. The largest absolute Gasteiger partial charge is 0.550 e. The molecule has 1 heterocycles. The molecule has 6 nitrogen and oxygen atoms in total. The molecule has 1 aromatic heterocycles. The van der Waals surface area contributed by atoms with Crippen LogP contribution in [0.2, 0.25) is 0 Å². The second-order valence-corrected chi connectivity index (χ2v) is 6.07. The monoisotopic (exact) mass is 370 g/mol. The molecule has 0 saturated carbocycles. The fourth-order valence-electron chi connectivity index (χ4n) is 2.53. The van der Waals surface area contributed by atoms with E-state index in [0.717, 1.165) is 17.3 Å². The number of unbranched alkanes of at least 4 members (excludes halogenated alkanes) is 1. The summed E-state index contributed by atoms with van der Waals surface area (Å²) < 4.78 is 10.8. The summed E-state index contributed by atoms with van der Waals surface area (Å²) in [6.07, 6.45) is 0.991. The van der Waals surface area contributed by atoms with Gasteiger partial charge >= 0.3 is 0 Å². The predicted octanol–water partition coefficient (Wildman–Crippen LogP) is 2.00. The SMILES string of the molecule is COCCCOc1nc2ccccc2cc1C(O)CC#CCCCC(=O)[O-]. The van der Waals surface area contributed by atoms with Gasteiger partial charge in [0.05, 0.1) is 18.2 Å². The number of ether oxygens (including phenoxy) is 2. The normalized spacial score (nSPS) is 11.6. The molecule has 0 radical (unpaired) electrons. The second kappa shape index (κ2) is 11.2. The first-order valence-electron chi connectivity index (χ1n) is 8.97. The molecule has 1 N–H and O–H groups in total. The standard InChI is InChI=1S/C21H25NO5/c1-26-13-8-14-27-21-17(15-16-9-6-7-10-18(16)22-21)19(23)11-4-2-3-5-12-20(24)25/h6-7,9-10,15,19,23H,3,5,8,11-14H2,1H3,(H,24,25)/p-1. The van der Waals surface area contributed by atoms with Crippen molar-refractivity contribution in [3.05, 3.63) is 35.9 Å². The Bertz CT molecular complexity index is 809. The van der Waals surface area contributed by atoms with E-state index in [2.05, 4.69) is 16.8 Å². The van der Waals surface area contributed by atoms with Crippen LogP contribution >= 0.6 is 0 Å². The van der Waals surface area contributed by atoms with Gasteiger partial charge in [-0.05, 0) is 25.0 Å². The van der Waals surface area contributed by atoms with E-state index in [-0.39, 0.29) is 12.8 Å². The average Bonchev–Trinajstić information content (AvgIpc) is 2.67. The van der Waals surface area contributed by atoms with Crippen LogP contribution in [0.15, 0.2) is 30.3 Å². The first-order valence-corrected chi connectivity index (χ1v) is 8.97. The fourth-order valence-corrected chi connectivity index (χ4v) is 2.53. The van der Waals surface area contributed by atoms with Crippen LogP contribution in [-0.2, 0) is 9.53 Å². The number of aliphatic hydroxyl groups is 1. The Morgan fingerprint density at radius 1 is 1.26 bits per heavy atom. The van der Waals surface area contributed by atoms with Gasteiger partial charge < -0.3 is 24.5 Å². The summed E-state index contributed by atoms with van der Waals surface area (Å²) in [6.45, 7) is 1.02. The highest BCUT2D eigenvalue weighted by molar-refractivity contribution is 5.80. The molecule has 27 heavy (non-hydrogen) atoms. The average molecular weight is 370 g/mol. The van der Waals surface area contributed by atoms with E-state index in [4.69, 9.17) is 9.47 Å². The number of carbonyl (C=O) groups excluding carboxylic acids is 1. The molecule has 0 amide bonds. The maximum atomic E-state index is 10.6. The number of carboxylic acids is 1. The van der Waals surface area contributed by atoms with Crippen LogP contribution in [0.1, 0.15) is 43.8 Å². The number of aliphatic hydroxyl groups excluding tert-OH is 1. The Balaban J connectivity index is 2.08. The minimum Gasteiger partial charge on any atom is -0.550 e. The smallest absolute Gasteiger partial charge is 0.219 e. The third-order valence-electron chi connectivity index (χ3n) is 3.91. The topological polar surface area (TPSA) is 91.7 Å². The number of fused-ring (bicyclic) bond motifs is 1. The quantitative estimate of drug-likeness (QED) is 0.508. The molecule has 144 valence electrons. The number of carbonyl (C=O) groups is 1. The van der Waals surface area contributed by atoms with Crippen molar-refractivity contribution < 1.29 is 24.5 Å². The van der Waals surface area contributed by atoms with Crippen LogP contribution < -0.4 is 9.84 Å². The fraction of sp³-hybridized carbons (Fsp3) is 0.429. The number of pyridine rings is 1. The van der Waals surface area contributed by atoms with Crippen LogP contribution in [0, 0.1) is 11.8 Å². The van der Waals surface area contributed by atoms with Gasteiger partial charge in [-0.25, -0.2) is 4.98 Å². The van der Waals surface area contributed by atoms with E-state index in [1.165, 1.54) is 0 Å². The summed E-state index contributed by atoms with van der Waals surface area (Å²) in [6, 6.07) is 9.51. The lowest BCUT2D eigenvalue weighted by atomic mass is 10.1. The number of aromatic nitrogens is 1. The highest BCUT2D eigenvalue weighted by Gasteiger charge is 2.16. The highest BCUT2D eigenvalue weighted by atomic mass is 16.5. The number of rotatable bonds is 10. The van der Waals surface area contributed by atoms with E-state index < -0.39 is 12.1 Å². The molecule has 1 aromatic carbocycles. The Morgan fingerprint density at radius 3 is 2.85 bits per heavy atom. The maximum absolute atomic E-state index is 10.6. The van der Waals surface area contributed by atoms with Crippen LogP contribution in [0.5, 0.6) is 5.88 Å². The number of hydrogen-bond acceptors (Lipinski definition) is 6. The molecule has 0 aliphatic carbocycles. The van der Waals surface area contributed by atoms with Gasteiger partial charge in [-0.3, -0.25) is 0 Å². The van der Waals surface area contributed by atoms with Gasteiger partial charge in [0.1, 0.15) is 0 Å². The van der Waals surface area contributed by atoms with Gasteiger partial charge in [-0.2, -0.15) is 0 Å². The van der Waals surface area contributed by atoms with Crippen molar-refractivity contribution in [3.63, 3.8) is 0 Å². The zero-order chi connectivity index (χ0) is 19.5. The lowest BCUT2D eigenvalue weighted by molar-refractivity contribution is -0.305. The Morgan fingerprint density at radius 2 is 2.07 bits per heavy atom. The Kier molecular flexibility index (Phi) is 8.56. The van der Waals surface area contributed by atoms with Crippen LogP contribution in [0.25, 0.3) is 10.9 Å². The predicted molar refractivity (Wildman–Crippen MR) is 99.9 cm³/mol. The molecule has 6 heteroatoms. The van der Waals surface area contributed by atoms with Crippen molar-refractivity contribution in [1.29, 1.82) is 0 Å². The van der Waals surface area contributed by atoms with Gasteiger partial charge in [-0.1, -0.05) is 18.2 Å². The van der Waals surface area contributed by atoms with Crippen LogP contribution in [0.3, 0.4) is 0 Å². The van der Waals surface area contributed by atoms with E-state index in [0.29, 0.717) is 37.5 Å². The van der Waals surface area contributed by atoms with E-state index >= 15 is 0 Å². The van der Waals surface area contributed by atoms with Crippen molar-refractivity contribution in [2.45, 2.75) is 38.2 Å². The molecule has 0 saturated heterocycles. The third-order valence-corrected chi connectivity index (χ3v) is 3.91. The molecule has 1 atom stereocenters. The summed E-state index contributed by atoms with van der Waals surface area (Å²) in [4.78, 5) is 14.9. The molecule has 2 aromatic rings. The zero-order valence-corrected chi connectivity index (χ0v) is 15.4. The van der Waals surface area contributed by atoms with Gasteiger partial charge in [-0.15, -0.1) is 11.8 Å². The number of benzene rings is 1. The lowest BCUT2D eigenvalue weighted by Gasteiger charge is -2.15. The molecule has 1 unspecified atom stereocenters. The summed E-state index contributed by atoms with van der Waals surface area (Å²) >= 11 is 0. The Labute approximate surface area is 159 Å². The zero-order valence-electron chi connectivity index (χ0n) is 15.4. The van der Waals surface area contributed by atoms with Gasteiger partial charge in [0.15, 0.2) is 0 Å².